The van der Waals surface area contributed by atoms with Crippen LogP contribution in [0.4, 0.5) is 22.7 Å². The van der Waals surface area contributed by atoms with Crippen molar-refractivity contribution in [3.63, 3.8) is 0 Å². The molecule has 0 aromatic heterocycles. The van der Waals surface area contributed by atoms with Gasteiger partial charge in [0, 0.05) is 34.2 Å². The fourth-order valence-electron chi connectivity index (χ4n) is 7.88. The third-order valence-corrected chi connectivity index (χ3v) is 9.75. The molecular formula is C42H32N2. The van der Waals surface area contributed by atoms with E-state index in [1.165, 1.54) is 61.7 Å². The summed E-state index contributed by atoms with van der Waals surface area (Å²) in [4.78, 5) is 5.11. The molecule has 0 spiro atoms. The summed E-state index contributed by atoms with van der Waals surface area (Å²) in [5, 5.41) is 0. The van der Waals surface area contributed by atoms with Crippen LogP contribution in [0.3, 0.4) is 0 Å². The number of hydrogen-bond donors (Lipinski definition) is 0. The third-order valence-electron chi connectivity index (χ3n) is 9.75. The van der Waals surface area contributed by atoms with Gasteiger partial charge >= 0.3 is 0 Å². The number of allylic oxidation sites excluding steroid dienone is 4. The average Bonchev–Trinajstić information content (AvgIpc) is 3.62. The van der Waals surface area contributed by atoms with Crippen LogP contribution in [0.2, 0.25) is 0 Å². The molecule has 2 aliphatic carbocycles. The largest absolute Gasteiger partial charge is 0.333 e. The molecular weight excluding hydrogens is 532 g/mol. The van der Waals surface area contributed by atoms with Gasteiger partial charge in [0.25, 0.3) is 0 Å². The summed E-state index contributed by atoms with van der Waals surface area (Å²) >= 11 is 0. The van der Waals surface area contributed by atoms with Crippen LogP contribution in [0.25, 0.3) is 16.7 Å². The molecule has 2 heterocycles. The summed E-state index contributed by atoms with van der Waals surface area (Å²) in [6, 6.07) is 49.0. The smallest absolute Gasteiger partial charge is 0.0638 e. The number of anilines is 4. The lowest BCUT2D eigenvalue weighted by Gasteiger charge is -2.35. The van der Waals surface area contributed by atoms with Crippen LogP contribution in [-0.2, 0) is 0 Å². The number of rotatable bonds is 4. The summed E-state index contributed by atoms with van der Waals surface area (Å²) in [6.45, 7) is 0. The zero-order valence-electron chi connectivity index (χ0n) is 24.4. The second kappa shape index (κ2) is 10.1. The minimum atomic E-state index is 0.241. The lowest BCUT2D eigenvalue weighted by atomic mass is 9.77. The van der Waals surface area contributed by atoms with E-state index >= 15 is 0 Å². The molecule has 3 atom stereocenters. The van der Waals surface area contributed by atoms with Gasteiger partial charge in [-0.3, -0.25) is 0 Å². The maximum atomic E-state index is 2.58. The Hall–Kier alpha value is -5.34. The molecule has 4 aliphatic rings. The van der Waals surface area contributed by atoms with E-state index in [2.05, 4.69) is 174 Å². The van der Waals surface area contributed by atoms with Crippen molar-refractivity contribution in [2.45, 2.75) is 24.4 Å². The van der Waals surface area contributed by atoms with E-state index in [-0.39, 0.29) is 18.0 Å². The molecule has 0 fully saturated rings. The fraction of sp³-hybridized carbons (Fsp3) is 0.0952. The van der Waals surface area contributed by atoms with Gasteiger partial charge in [-0.1, -0.05) is 127 Å². The molecule has 210 valence electrons. The molecule has 0 saturated heterocycles. The van der Waals surface area contributed by atoms with Gasteiger partial charge in [-0.25, -0.2) is 0 Å². The number of para-hydroxylation sites is 3. The van der Waals surface area contributed by atoms with Gasteiger partial charge in [-0.2, -0.15) is 0 Å². The maximum Gasteiger partial charge on any atom is 0.0638 e. The summed E-state index contributed by atoms with van der Waals surface area (Å²) < 4.78 is 0. The van der Waals surface area contributed by atoms with E-state index in [0.29, 0.717) is 0 Å². The molecule has 0 bridgehead atoms. The standard InChI is InChI=1S/C42H32N2/c1-3-13-29(14-4-1)30-15-11-18-33(27-30)44-38-22-9-7-19-35(38)36-26-25-31(28-41(36)44)34-21-12-24-40-42(34)37-20-8-10-23-39(37)43(40)32-16-5-2-6-17-32/h1-27,40-42H,28H2. The first-order valence-electron chi connectivity index (χ1n) is 15.6. The van der Waals surface area contributed by atoms with E-state index in [0.717, 1.165) is 6.42 Å². The van der Waals surface area contributed by atoms with Crippen molar-refractivity contribution in [1.82, 2.24) is 0 Å². The zero-order chi connectivity index (χ0) is 29.0. The van der Waals surface area contributed by atoms with Crippen LogP contribution in [0.1, 0.15) is 23.5 Å². The van der Waals surface area contributed by atoms with Gasteiger partial charge in [0.2, 0.25) is 0 Å². The maximum absolute atomic E-state index is 2.58. The van der Waals surface area contributed by atoms with Crippen LogP contribution in [-0.4, -0.2) is 12.1 Å². The van der Waals surface area contributed by atoms with Gasteiger partial charge in [0.1, 0.15) is 0 Å². The molecule has 44 heavy (non-hydrogen) atoms. The van der Waals surface area contributed by atoms with E-state index in [1.807, 2.05) is 0 Å². The molecule has 2 heteroatoms. The summed E-state index contributed by atoms with van der Waals surface area (Å²) in [7, 11) is 0. The fourth-order valence-corrected chi connectivity index (χ4v) is 7.88. The SMILES string of the molecule is C1=CC2C(C(C3=CC=C4c5ccccc5N(c5cccc(-c6ccccc6)c5)C4C3)=C1)c1ccccc1N2c1ccccc1. The van der Waals surface area contributed by atoms with Crippen molar-refractivity contribution in [2.75, 3.05) is 9.80 Å². The first-order chi connectivity index (χ1) is 21.8. The molecule has 5 aromatic carbocycles. The third kappa shape index (κ3) is 3.88. The lowest BCUT2D eigenvalue weighted by molar-refractivity contribution is 0.695. The molecule has 3 unspecified atom stereocenters. The van der Waals surface area contributed by atoms with Gasteiger partial charge in [0.05, 0.1) is 12.1 Å². The van der Waals surface area contributed by atoms with Gasteiger partial charge in [0.15, 0.2) is 0 Å². The van der Waals surface area contributed by atoms with Crippen molar-refractivity contribution < 1.29 is 0 Å². The van der Waals surface area contributed by atoms with Crippen molar-refractivity contribution in [3.05, 3.63) is 186 Å². The average molecular weight is 565 g/mol. The summed E-state index contributed by atoms with van der Waals surface area (Å²) in [6.07, 6.45) is 12.8. The molecule has 0 saturated carbocycles. The van der Waals surface area contributed by atoms with E-state index < -0.39 is 0 Å². The lowest BCUT2D eigenvalue weighted by Crippen LogP contribution is -2.32. The Balaban J connectivity index is 1.12. The van der Waals surface area contributed by atoms with Crippen molar-refractivity contribution in [3.8, 4) is 11.1 Å². The van der Waals surface area contributed by atoms with E-state index in [1.54, 1.807) is 0 Å². The van der Waals surface area contributed by atoms with Crippen LogP contribution in [0.5, 0.6) is 0 Å². The Morgan fingerprint density at radius 3 is 2.09 bits per heavy atom. The zero-order valence-corrected chi connectivity index (χ0v) is 24.4. The number of nitrogens with zero attached hydrogens (tertiary/aromatic N) is 2. The van der Waals surface area contributed by atoms with Crippen LogP contribution in [0.15, 0.2) is 175 Å². The second-order valence-electron chi connectivity index (χ2n) is 12.1. The highest BCUT2D eigenvalue weighted by molar-refractivity contribution is 5.94. The monoisotopic (exact) mass is 564 g/mol. The minimum absolute atomic E-state index is 0.241. The summed E-state index contributed by atoms with van der Waals surface area (Å²) in [5.74, 6) is 0.288. The van der Waals surface area contributed by atoms with Crippen LogP contribution in [0, 0.1) is 0 Å². The summed E-state index contributed by atoms with van der Waals surface area (Å²) in [5.41, 5.74) is 14.6. The highest BCUT2D eigenvalue weighted by atomic mass is 15.2. The van der Waals surface area contributed by atoms with Gasteiger partial charge < -0.3 is 9.80 Å². The normalized spacial score (nSPS) is 21.1. The topological polar surface area (TPSA) is 6.48 Å². The number of benzene rings is 5. The molecule has 0 radical (unpaired) electrons. The molecule has 2 aliphatic heterocycles. The van der Waals surface area contributed by atoms with Crippen molar-refractivity contribution in [2.24, 2.45) is 0 Å². The van der Waals surface area contributed by atoms with Gasteiger partial charge in [-0.05, 0) is 76.2 Å². The molecule has 2 nitrogen and oxygen atoms in total. The first kappa shape index (κ1) is 25.2. The Labute approximate surface area is 259 Å². The highest BCUT2D eigenvalue weighted by Crippen LogP contribution is 2.54. The molecule has 5 aromatic rings. The van der Waals surface area contributed by atoms with Crippen LogP contribution >= 0.6 is 0 Å². The Kier molecular flexibility index (Phi) is 5.80. The van der Waals surface area contributed by atoms with Gasteiger partial charge in [-0.15, -0.1) is 0 Å². The second-order valence-corrected chi connectivity index (χ2v) is 12.1. The van der Waals surface area contributed by atoms with Crippen LogP contribution < -0.4 is 9.80 Å². The molecule has 9 rings (SSSR count). The minimum Gasteiger partial charge on any atom is -0.333 e. The van der Waals surface area contributed by atoms with Crippen molar-refractivity contribution >= 4 is 28.3 Å². The molecule has 0 amide bonds. The highest BCUT2D eigenvalue weighted by Gasteiger charge is 2.43. The number of hydrogen-bond acceptors (Lipinski definition) is 2. The predicted octanol–water partition coefficient (Wildman–Crippen LogP) is 10.4. The van der Waals surface area contributed by atoms with E-state index in [4.69, 9.17) is 0 Å². The Morgan fingerprint density at radius 2 is 1.23 bits per heavy atom. The predicted molar refractivity (Wildman–Crippen MR) is 184 cm³/mol. The Bertz CT molecular complexity index is 2010. The number of fused-ring (bicyclic) bond motifs is 6. The van der Waals surface area contributed by atoms with E-state index in [9.17, 15) is 0 Å². The quantitative estimate of drug-likeness (QED) is 0.214. The Morgan fingerprint density at radius 1 is 0.523 bits per heavy atom. The first-order valence-corrected chi connectivity index (χ1v) is 15.6. The molecule has 0 N–H and O–H groups in total. The van der Waals surface area contributed by atoms with Crippen molar-refractivity contribution in [1.29, 1.82) is 0 Å².